The molecular weight excluding hydrogens is 311 g/mol. The van der Waals surface area contributed by atoms with Crippen molar-refractivity contribution in [2.45, 2.75) is 19.1 Å². The van der Waals surface area contributed by atoms with Gasteiger partial charge in [-0.05, 0) is 30.2 Å². The second-order valence-corrected chi connectivity index (χ2v) is 4.84. The number of alkyl halides is 3. The van der Waals surface area contributed by atoms with Gasteiger partial charge in [-0.2, -0.15) is 18.3 Å². The third-order valence-electron chi connectivity index (χ3n) is 3.13. The average molecular weight is 327 g/mol. The summed E-state index contributed by atoms with van der Waals surface area (Å²) in [4.78, 5) is 11.7. The molecule has 1 amide bonds. The Kier molecular flexibility index (Phi) is 5.25. The number of rotatable bonds is 6. The highest BCUT2D eigenvalue weighted by Crippen LogP contribution is 2.27. The number of ether oxygens (including phenoxy) is 1. The maximum atomic E-state index is 12.4. The Morgan fingerprint density at radius 3 is 2.52 bits per heavy atom. The van der Waals surface area contributed by atoms with Crippen molar-refractivity contribution in [2.24, 2.45) is 0 Å². The van der Waals surface area contributed by atoms with Gasteiger partial charge in [0, 0.05) is 12.7 Å². The molecule has 124 valence electrons. The maximum Gasteiger partial charge on any atom is 0.435 e. The monoisotopic (exact) mass is 327 g/mol. The van der Waals surface area contributed by atoms with E-state index in [9.17, 15) is 18.0 Å². The standard InChI is InChI=1S/C15H16F3N3O2/c1-23-12-4-2-11(3-5-12)6-8-19-14(22)10-21-9-7-13(20-21)15(16,17)18/h2-5,7,9H,6,8,10H2,1H3,(H,19,22). The number of hydrogen-bond acceptors (Lipinski definition) is 3. The number of nitrogens with one attached hydrogen (secondary N) is 1. The highest BCUT2D eigenvalue weighted by molar-refractivity contribution is 5.75. The molecule has 0 aliphatic rings. The number of hydrogen-bond donors (Lipinski definition) is 1. The van der Waals surface area contributed by atoms with E-state index in [1.165, 1.54) is 0 Å². The van der Waals surface area contributed by atoms with Gasteiger partial charge in [0.15, 0.2) is 5.69 Å². The Morgan fingerprint density at radius 1 is 1.26 bits per heavy atom. The summed E-state index contributed by atoms with van der Waals surface area (Å²) in [5, 5.41) is 5.97. The van der Waals surface area contributed by atoms with Crippen molar-refractivity contribution in [1.29, 1.82) is 0 Å². The summed E-state index contributed by atoms with van der Waals surface area (Å²) < 4.78 is 43.2. The Bertz CT molecular complexity index is 651. The van der Waals surface area contributed by atoms with Crippen LogP contribution in [-0.4, -0.2) is 29.3 Å². The first-order chi connectivity index (χ1) is 10.9. The Hall–Kier alpha value is -2.51. The molecule has 0 radical (unpaired) electrons. The number of amides is 1. The number of methoxy groups -OCH3 is 1. The summed E-state index contributed by atoms with van der Waals surface area (Å²) in [5.74, 6) is 0.354. The fourth-order valence-corrected chi connectivity index (χ4v) is 1.94. The molecule has 0 unspecified atom stereocenters. The normalized spacial score (nSPS) is 11.3. The van der Waals surface area contributed by atoms with E-state index in [1.807, 2.05) is 24.3 Å². The first kappa shape index (κ1) is 16.9. The van der Waals surface area contributed by atoms with Crippen LogP contribution >= 0.6 is 0 Å². The van der Waals surface area contributed by atoms with Gasteiger partial charge in [0.2, 0.25) is 5.91 Å². The van der Waals surface area contributed by atoms with Crippen LogP contribution < -0.4 is 10.1 Å². The Balaban J connectivity index is 1.77. The van der Waals surface area contributed by atoms with Gasteiger partial charge < -0.3 is 10.1 Å². The molecule has 2 rings (SSSR count). The van der Waals surface area contributed by atoms with Gasteiger partial charge in [0.1, 0.15) is 12.3 Å². The number of halogens is 3. The van der Waals surface area contributed by atoms with Gasteiger partial charge in [0.25, 0.3) is 0 Å². The van der Waals surface area contributed by atoms with Gasteiger partial charge in [0.05, 0.1) is 7.11 Å². The minimum absolute atomic E-state index is 0.251. The Labute approximate surface area is 131 Å². The van der Waals surface area contributed by atoms with Crippen LogP contribution in [0.4, 0.5) is 13.2 Å². The maximum absolute atomic E-state index is 12.4. The number of aromatic nitrogens is 2. The lowest BCUT2D eigenvalue weighted by Crippen LogP contribution is -2.29. The molecule has 23 heavy (non-hydrogen) atoms. The molecule has 1 N–H and O–H groups in total. The summed E-state index contributed by atoms with van der Waals surface area (Å²) >= 11 is 0. The predicted octanol–water partition coefficient (Wildman–Crippen LogP) is 2.27. The molecule has 5 nitrogen and oxygen atoms in total. The third-order valence-corrected chi connectivity index (χ3v) is 3.13. The van der Waals surface area contributed by atoms with Crippen molar-refractivity contribution >= 4 is 5.91 Å². The second-order valence-electron chi connectivity index (χ2n) is 4.84. The molecule has 0 atom stereocenters. The van der Waals surface area contributed by atoms with Crippen LogP contribution in [0.5, 0.6) is 5.75 Å². The van der Waals surface area contributed by atoms with E-state index in [0.717, 1.165) is 28.3 Å². The smallest absolute Gasteiger partial charge is 0.435 e. The van der Waals surface area contributed by atoms with Gasteiger partial charge in [-0.3, -0.25) is 9.48 Å². The van der Waals surface area contributed by atoms with Gasteiger partial charge in [-0.1, -0.05) is 12.1 Å². The van der Waals surface area contributed by atoms with E-state index in [1.54, 1.807) is 7.11 Å². The highest BCUT2D eigenvalue weighted by atomic mass is 19.4. The molecule has 1 aromatic carbocycles. The van der Waals surface area contributed by atoms with Gasteiger partial charge in [-0.25, -0.2) is 0 Å². The van der Waals surface area contributed by atoms with E-state index >= 15 is 0 Å². The SMILES string of the molecule is COc1ccc(CCNC(=O)Cn2ccc(C(F)(F)F)n2)cc1. The minimum Gasteiger partial charge on any atom is -0.497 e. The largest absolute Gasteiger partial charge is 0.497 e. The molecule has 8 heteroatoms. The summed E-state index contributed by atoms with van der Waals surface area (Å²) in [6, 6.07) is 8.24. The van der Waals surface area contributed by atoms with E-state index in [2.05, 4.69) is 10.4 Å². The quantitative estimate of drug-likeness (QED) is 0.885. The molecule has 0 aliphatic carbocycles. The zero-order valence-corrected chi connectivity index (χ0v) is 12.4. The summed E-state index contributed by atoms with van der Waals surface area (Å²) in [7, 11) is 1.58. The fraction of sp³-hybridized carbons (Fsp3) is 0.333. The van der Waals surface area contributed by atoms with Crippen LogP contribution in [0.2, 0.25) is 0 Å². The molecule has 1 heterocycles. The van der Waals surface area contributed by atoms with Crippen molar-refractivity contribution in [1.82, 2.24) is 15.1 Å². The van der Waals surface area contributed by atoms with Crippen molar-refractivity contribution < 1.29 is 22.7 Å². The highest BCUT2D eigenvalue weighted by Gasteiger charge is 2.33. The van der Waals surface area contributed by atoms with E-state index in [4.69, 9.17) is 4.74 Å². The van der Waals surface area contributed by atoms with Crippen molar-refractivity contribution in [3.8, 4) is 5.75 Å². The minimum atomic E-state index is -4.50. The lowest BCUT2D eigenvalue weighted by Gasteiger charge is -2.07. The third kappa shape index (κ3) is 5.01. The topological polar surface area (TPSA) is 56.1 Å². The number of carbonyl (C=O) groups is 1. The van der Waals surface area contributed by atoms with E-state index in [0.29, 0.717) is 13.0 Å². The number of carbonyl (C=O) groups excluding carboxylic acids is 1. The zero-order valence-electron chi connectivity index (χ0n) is 12.4. The molecule has 0 spiro atoms. The van der Waals surface area contributed by atoms with E-state index in [-0.39, 0.29) is 6.54 Å². The summed E-state index contributed by atoms with van der Waals surface area (Å²) in [6.07, 6.45) is -2.76. The summed E-state index contributed by atoms with van der Waals surface area (Å²) in [6.45, 7) is 0.136. The van der Waals surface area contributed by atoms with E-state index < -0.39 is 17.8 Å². The lowest BCUT2D eigenvalue weighted by molar-refractivity contribution is -0.141. The molecule has 0 saturated carbocycles. The molecule has 0 fully saturated rings. The fourth-order valence-electron chi connectivity index (χ4n) is 1.94. The molecule has 1 aromatic heterocycles. The van der Waals surface area contributed by atoms with Crippen molar-refractivity contribution in [3.63, 3.8) is 0 Å². The van der Waals surface area contributed by atoms with Crippen LogP contribution in [0.15, 0.2) is 36.5 Å². The van der Waals surface area contributed by atoms with Crippen LogP contribution in [0.25, 0.3) is 0 Å². The molecule has 0 aliphatic heterocycles. The van der Waals surface area contributed by atoms with Crippen LogP contribution in [0.3, 0.4) is 0 Å². The number of nitrogens with zero attached hydrogens (tertiary/aromatic N) is 2. The van der Waals surface area contributed by atoms with Crippen molar-refractivity contribution in [2.75, 3.05) is 13.7 Å². The Morgan fingerprint density at radius 2 is 1.96 bits per heavy atom. The van der Waals surface area contributed by atoms with Crippen LogP contribution in [0, 0.1) is 0 Å². The second kappa shape index (κ2) is 7.17. The summed E-state index contributed by atoms with van der Waals surface area (Å²) in [5.41, 5.74) is 0.00748. The molecular formula is C15H16F3N3O2. The lowest BCUT2D eigenvalue weighted by atomic mass is 10.1. The van der Waals surface area contributed by atoms with Gasteiger partial charge >= 0.3 is 6.18 Å². The first-order valence-electron chi connectivity index (χ1n) is 6.89. The van der Waals surface area contributed by atoms with Crippen LogP contribution in [0.1, 0.15) is 11.3 Å². The van der Waals surface area contributed by atoms with Gasteiger partial charge in [-0.15, -0.1) is 0 Å². The van der Waals surface area contributed by atoms with Crippen molar-refractivity contribution in [3.05, 3.63) is 47.8 Å². The molecule has 0 saturated heterocycles. The zero-order chi connectivity index (χ0) is 16.9. The first-order valence-corrected chi connectivity index (χ1v) is 6.89. The predicted molar refractivity (Wildman–Crippen MR) is 76.9 cm³/mol. The number of benzene rings is 1. The molecule has 0 bridgehead atoms. The van der Waals surface area contributed by atoms with Crippen LogP contribution in [-0.2, 0) is 23.9 Å². The molecule has 2 aromatic rings. The average Bonchev–Trinajstić information content (AvgIpc) is 2.96.